The number of amides is 18. The number of nitrogens with zero attached hydrogens (tertiary/aromatic N) is 2. The first kappa shape index (κ1) is 100. The standard InChI is InChI=1S/C72H110N26O22S2/c1-5-35(2)58-70(119)92-45(21-39-24-78-34-86-39)66(115)94-48(31-100)67(116)95-49(62(111)83-26-54(103)81-25-53(102)82-27-55(104)89-46(22-52(75)101)60(109)85-29-57(106)107)32-121-122-33-50(96-64(113)43(14-8-9-17-73)90-69(118)51-16-11-19-98(51)71(120)36(3)74)68(117)93-47(30-99)61(110)84-28-56(105)88-42(15-10-18-79-72(76)77)63(112)91-44(65(114)87-37(4)59(108)97-58)20-38-23-80-41-13-7-6-12-40(38)41/h6-7,12-13,23-24,34-37,42-51,58,80,99-100H,5,8-11,14-22,25-33,73-74H2,1-4H3,(H2,75,101)(H,78,86)(H,81,103)(H,82,102)(H,83,111)(H,84,110)(H,85,109)(H,87,114)(H,88,105)(H,89,104)(H,90,118)(H,91,112)(H,92,119)(H,93,117)(H,94,115)(H,95,116)(H,96,113)(H,97,108)(H,106,107)(H4,76,77,79)/t35-,36-,37-,42-,43-,44?,45?,46-,47-,48-,49?,50?,51-,58-/m0/s1. The number of guanidine groups is 1. The number of primary amides is 1. The third kappa shape index (κ3) is 33.7. The van der Waals surface area contributed by atoms with E-state index in [2.05, 4.69) is 100 Å². The van der Waals surface area contributed by atoms with Crippen molar-refractivity contribution in [1.29, 1.82) is 5.41 Å². The topological polar surface area (TPSA) is 765 Å². The number of aliphatic hydroxyl groups is 2. The summed E-state index contributed by atoms with van der Waals surface area (Å²) in [5.41, 5.74) is 23.7. The summed E-state index contributed by atoms with van der Waals surface area (Å²) < 4.78 is 0. The van der Waals surface area contributed by atoms with E-state index < -0.39 is 273 Å². The largest absolute Gasteiger partial charge is 0.480 e. The third-order valence-corrected chi connectivity index (χ3v) is 21.4. The van der Waals surface area contributed by atoms with Crippen molar-refractivity contribution in [2.24, 2.45) is 28.9 Å². The summed E-state index contributed by atoms with van der Waals surface area (Å²) in [7, 11) is 1.41. The number of nitrogens with two attached hydrogens (primary N) is 4. The van der Waals surface area contributed by atoms with Gasteiger partial charge in [-0.25, -0.2) is 4.98 Å². The molecule has 1 aromatic carbocycles. The number of carbonyl (C=O) groups is 19. The van der Waals surface area contributed by atoms with Gasteiger partial charge in [-0.3, -0.25) is 96.5 Å². The van der Waals surface area contributed by atoms with Gasteiger partial charge in [0.15, 0.2) is 5.96 Å². The molecular weight excluding hydrogens is 1650 g/mol. The van der Waals surface area contributed by atoms with E-state index in [0.717, 1.165) is 0 Å². The number of fused-ring (bicyclic) bond motifs is 1. The maximum atomic E-state index is 14.7. The molecule has 14 atom stereocenters. The SMILES string of the molecule is CC[C@H](C)[C@@H]1NC(=O)[C@H](C)NC(=O)C(Cc2c[nH]c3ccccc23)NC(=O)[C@H](CCCNC(=N)N)NC(=O)CNC(=O)[C@H](CO)NC(=O)C(NC(=O)[C@H](CCCCN)NC(=O)[C@@H]2CCCN2C(=O)[C@H](C)N)CSSCC(C(=O)NCC(=O)NCC(=O)NCC(=O)N[C@@H](CC(N)=O)C(=O)NCC(=O)O)NC(=O)[C@H](CO)NC(=O)C(Cc2c[nH]cn2)NC1=O. The van der Waals surface area contributed by atoms with Crippen molar-refractivity contribution in [1.82, 2.24) is 110 Å². The molecule has 31 N–H and O–H groups in total. The van der Waals surface area contributed by atoms with Crippen molar-refractivity contribution in [2.75, 3.05) is 77.1 Å². The van der Waals surface area contributed by atoms with Crippen LogP contribution in [0.15, 0.2) is 43.0 Å². The number of aromatic nitrogens is 3. The van der Waals surface area contributed by atoms with Gasteiger partial charge in [-0.2, -0.15) is 0 Å². The van der Waals surface area contributed by atoms with Crippen LogP contribution in [0.25, 0.3) is 10.9 Å². The van der Waals surface area contributed by atoms with Crippen LogP contribution in [0.4, 0.5) is 0 Å². The van der Waals surface area contributed by atoms with Crippen LogP contribution in [0.3, 0.4) is 0 Å². The number of carboxylic acids is 1. The Balaban J connectivity index is 1.55. The Kier molecular flexibility index (Phi) is 42.2. The molecule has 122 heavy (non-hydrogen) atoms. The first-order valence-corrected chi connectivity index (χ1v) is 41.5. The molecule has 5 rings (SSSR count). The minimum absolute atomic E-state index is 0.00955. The summed E-state index contributed by atoms with van der Waals surface area (Å²) in [4.78, 5) is 271. The number of H-pyrrole nitrogens is 2. The van der Waals surface area contributed by atoms with E-state index in [1.165, 1.54) is 31.3 Å². The predicted molar refractivity (Wildman–Crippen MR) is 437 cm³/mol. The van der Waals surface area contributed by atoms with E-state index in [4.69, 9.17) is 33.5 Å². The number of carbonyl (C=O) groups excluding carboxylic acids is 18. The molecule has 672 valence electrons. The molecule has 4 heterocycles. The van der Waals surface area contributed by atoms with Crippen molar-refractivity contribution >= 4 is 151 Å². The Bertz CT molecular complexity index is 4200. The van der Waals surface area contributed by atoms with Crippen molar-refractivity contribution in [3.63, 3.8) is 0 Å². The number of hydrogen-bond donors (Lipinski definition) is 27. The Morgan fingerprint density at radius 1 is 0.648 bits per heavy atom. The highest BCUT2D eigenvalue weighted by Gasteiger charge is 2.40. The second-order valence-electron chi connectivity index (χ2n) is 28.5. The Hall–Kier alpha value is -12.3. The van der Waals surface area contributed by atoms with E-state index in [9.17, 15) is 101 Å². The van der Waals surface area contributed by atoms with Crippen LogP contribution in [0.5, 0.6) is 0 Å². The zero-order valence-electron chi connectivity index (χ0n) is 67.5. The monoisotopic (exact) mass is 1750 g/mol. The molecule has 0 saturated carbocycles. The van der Waals surface area contributed by atoms with Gasteiger partial charge in [0.1, 0.15) is 79.0 Å². The number of aromatic amines is 2. The summed E-state index contributed by atoms with van der Waals surface area (Å²) in [5.74, 6) is -22.4. The lowest BCUT2D eigenvalue weighted by atomic mass is 9.97. The van der Waals surface area contributed by atoms with Gasteiger partial charge in [-0.1, -0.05) is 60.1 Å². The fraction of sp³-hybridized carbons (Fsp3) is 0.569. The van der Waals surface area contributed by atoms with Crippen molar-refractivity contribution in [3.05, 3.63) is 54.2 Å². The second kappa shape index (κ2) is 51.4. The minimum atomic E-state index is -2.00. The summed E-state index contributed by atoms with van der Waals surface area (Å²) >= 11 is 0. The number of aliphatic carboxylic acids is 1. The van der Waals surface area contributed by atoms with E-state index >= 15 is 0 Å². The second-order valence-corrected chi connectivity index (χ2v) is 31.1. The van der Waals surface area contributed by atoms with E-state index in [-0.39, 0.29) is 70.3 Å². The fourth-order valence-corrected chi connectivity index (χ4v) is 14.5. The molecule has 0 spiro atoms. The highest BCUT2D eigenvalue weighted by Crippen LogP contribution is 2.25. The minimum Gasteiger partial charge on any atom is -0.480 e. The van der Waals surface area contributed by atoms with E-state index in [1.54, 1.807) is 44.3 Å². The van der Waals surface area contributed by atoms with Crippen molar-refractivity contribution in [2.45, 2.75) is 177 Å². The Labute approximate surface area is 706 Å². The van der Waals surface area contributed by atoms with Gasteiger partial charge >= 0.3 is 5.97 Å². The quantitative estimate of drug-likeness (QED) is 0.0114. The smallest absolute Gasteiger partial charge is 0.322 e. The number of carboxylic acid groups (broad SMARTS) is 1. The molecule has 18 amide bonds. The third-order valence-electron chi connectivity index (χ3n) is 19.0. The first-order valence-electron chi connectivity index (χ1n) is 39.0. The number of unbranched alkanes of at least 4 members (excludes halogenated alkanes) is 1. The number of hydrogen-bond acceptors (Lipinski definition) is 27. The fourth-order valence-electron chi connectivity index (χ4n) is 12.2. The van der Waals surface area contributed by atoms with Crippen molar-refractivity contribution in [3.8, 4) is 0 Å². The van der Waals surface area contributed by atoms with Gasteiger partial charge in [-0.15, -0.1) is 0 Å². The summed E-state index contributed by atoms with van der Waals surface area (Å²) in [6, 6.07) is -13.5. The molecule has 3 aromatic rings. The van der Waals surface area contributed by atoms with Crippen LogP contribution in [-0.2, 0) is 104 Å². The number of nitrogens with one attached hydrogen (secondary N) is 20. The predicted octanol–water partition coefficient (Wildman–Crippen LogP) is -11.3. The maximum absolute atomic E-state index is 14.7. The highest BCUT2D eigenvalue weighted by molar-refractivity contribution is 8.76. The van der Waals surface area contributed by atoms with Gasteiger partial charge in [0.2, 0.25) is 106 Å². The van der Waals surface area contributed by atoms with Crippen LogP contribution in [0.2, 0.25) is 0 Å². The molecule has 48 nitrogen and oxygen atoms in total. The number of para-hydroxylation sites is 1. The summed E-state index contributed by atoms with van der Waals surface area (Å²) in [6.45, 7) is -0.655. The van der Waals surface area contributed by atoms with Crippen LogP contribution < -0.4 is 113 Å². The average molecular weight is 1760 g/mol. The Morgan fingerprint density at radius 3 is 1.92 bits per heavy atom. The molecule has 2 aliphatic rings. The zero-order chi connectivity index (χ0) is 90.3. The number of rotatable bonds is 34. The van der Waals surface area contributed by atoms with Gasteiger partial charge in [0.25, 0.3) is 0 Å². The number of benzene rings is 1. The molecular formula is C72H110N26O22S2. The number of imidazole rings is 1. The molecule has 0 aliphatic carbocycles. The lowest BCUT2D eigenvalue weighted by Gasteiger charge is -2.29. The van der Waals surface area contributed by atoms with Crippen LogP contribution >= 0.6 is 21.6 Å². The lowest BCUT2D eigenvalue weighted by Crippen LogP contribution is -2.61. The van der Waals surface area contributed by atoms with Gasteiger partial charge in [-0.05, 0) is 82.9 Å². The summed E-state index contributed by atoms with van der Waals surface area (Å²) in [5, 5.41) is 79.4. The molecule has 50 heteroatoms. The normalized spacial score (nSPS) is 22.0. The van der Waals surface area contributed by atoms with Crippen LogP contribution in [0, 0.1) is 11.3 Å². The van der Waals surface area contributed by atoms with Gasteiger partial charge in [0.05, 0.1) is 63.9 Å². The molecule has 2 fully saturated rings. The maximum Gasteiger partial charge on any atom is 0.322 e. The number of aliphatic hydroxyl groups excluding tert-OH is 2. The summed E-state index contributed by atoms with van der Waals surface area (Å²) in [6.07, 6.45) is 3.85. The van der Waals surface area contributed by atoms with Gasteiger partial charge < -0.3 is 144 Å². The highest BCUT2D eigenvalue weighted by atomic mass is 33.1. The first-order chi connectivity index (χ1) is 58.0. The number of likely N-dealkylation sites (tertiary alicyclic amines) is 1. The molecule has 2 saturated heterocycles. The van der Waals surface area contributed by atoms with Gasteiger partial charge in [0, 0.05) is 60.7 Å². The van der Waals surface area contributed by atoms with Crippen LogP contribution in [-0.4, -0.2) is 309 Å². The van der Waals surface area contributed by atoms with Crippen LogP contribution in [0.1, 0.15) is 96.7 Å². The Morgan fingerprint density at radius 2 is 1.27 bits per heavy atom. The molecule has 2 aliphatic heterocycles. The van der Waals surface area contributed by atoms with E-state index in [0.29, 0.717) is 50.9 Å². The van der Waals surface area contributed by atoms with Crippen molar-refractivity contribution < 1.29 is 106 Å². The molecule has 2 aromatic heterocycles. The van der Waals surface area contributed by atoms with E-state index in [1.807, 2.05) is 5.32 Å². The lowest BCUT2D eigenvalue weighted by molar-refractivity contribution is -0.140. The average Bonchev–Trinajstić information content (AvgIpc) is 1.39. The zero-order valence-corrected chi connectivity index (χ0v) is 69.1. The molecule has 0 bridgehead atoms. The molecule has 0 radical (unpaired) electrons. The molecule has 4 unspecified atom stereocenters.